The van der Waals surface area contributed by atoms with Gasteiger partial charge in [-0.3, -0.25) is 4.90 Å². The molecular weight excluding hydrogens is 461 g/mol. The highest BCUT2D eigenvalue weighted by Crippen LogP contribution is 2.37. The molecule has 0 radical (unpaired) electrons. The lowest BCUT2D eigenvalue weighted by molar-refractivity contribution is -0.137. The molecule has 3 heterocycles. The fraction of sp³-hybridized carbons (Fsp3) is 0.280. The fourth-order valence-corrected chi connectivity index (χ4v) is 5.15. The van der Waals surface area contributed by atoms with Crippen molar-refractivity contribution < 1.29 is 17.9 Å². The van der Waals surface area contributed by atoms with Crippen LogP contribution in [0.25, 0.3) is 21.3 Å². The topological polar surface area (TPSA) is 64.3 Å². The highest BCUT2D eigenvalue weighted by Gasteiger charge is 2.32. The van der Waals surface area contributed by atoms with Gasteiger partial charge in [0.2, 0.25) is 5.88 Å². The molecule has 5 rings (SSSR count). The first-order valence-electron chi connectivity index (χ1n) is 11.0. The van der Waals surface area contributed by atoms with Crippen LogP contribution in [0.15, 0.2) is 54.7 Å². The van der Waals surface area contributed by atoms with Crippen LogP contribution in [0.1, 0.15) is 30.9 Å². The molecule has 0 spiro atoms. The third kappa shape index (κ3) is 4.58. The molecule has 0 bridgehead atoms. The minimum Gasteiger partial charge on any atom is -0.437 e. The van der Waals surface area contributed by atoms with Crippen molar-refractivity contribution in [1.29, 1.82) is 0 Å². The molecule has 1 aliphatic heterocycles. The summed E-state index contributed by atoms with van der Waals surface area (Å²) < 4.78 is 47.3. The molecule has 2 aromatic carbocycles. The molecule has 0 saturated carbocycles. The Morgan fingerprint density at radius 1 is 1.18 bits per heavy atom. The van der Waals surface area contributed by atoms with Crippen LogP contribution >= 0.6 is 11.3 Å². The standard InChI is InChI=1S/C25H23F3N4OS/c1-15-4-3-11-32(15)14-17-12-18(25(26,27)28)7-8-19(17)16-9-10-30-22(13-16)33-20-5-2-6-21-23(20)31-24(29)34-21/h2,5-10,12-13,15H,3-4,11,14H2,1H3,(H2,29,31)/t15-/m1/s1. The van der Waals surface area contributed by atoms with E-state index in [4.69, 9.17) is 10.5 Å². The van der Waals surface area contributed by atoms with Crippen LogP contribution < -0.4 is 10.5 Å². The Balaban J connectivity index is 1.51. The molecule has 2 aromatic heterocycles. The van der Waals surface area contributed by atoms with Gasteiger partial charge in [-0.15, -0.1) is 0 Å². The van der Waals surface area contributed by atoms with E-state index in [1.54, 1.807) is 30.5 Å². The van der Waals surface area contributed by atoms with E-state index in [1.807, 2.05) is 12.1 Å². The van der Waals surface area contributed by atoms with Gasteiger partial charge in [0.25, 0.3) is 0 Å². The van der Waals surface area contributed by atoms with E-state index in [0.29, 0.717) is 40.4 Å². The van der Waals surface area contributed by atoms with E-state index < -0.39 is 11.7 Å². The van der Waals surface area contributed by atoms with E-state index >= 15 is 0 Å². The van der Waals surface area contributed by atoms with E-state index in [1.165, 1.54) is 17.4 Å². The second-order valence-electron chi connectivity index (χ2n) is 8.47. The fourth-order valence-electron chi connectivity index (χ4n) is 4.40. The van der Waals surface area contributed by atoms with E-state index in [-0.39, 0.29) is 0 Å². The zero-order chi connectivity index (χ0) is 23.9. The van der Waals surface area contributed by atoms with Crippen LogP contribution in [-0.2, 0) is 12.7 Å². The van der Waals surface area contributed by atoms with Gasteiger partial charge in [-0.1, -0.05) is 23.5 Å². The number of fused-ring (bicyclic) bond motifs is 1. The third-order valence-electron chi connectivity index (χ3n) is 6.16. The minimum atomic E-state index is -4.40. The van der Waals surface area contributed by atoms with E-state index in [0.717, 1.165) is 41.3 Å². The lowest BCUT2D eigenvalue weighted by Crippen LogP contribution is -2.26. The summed E-state index contributed by atoms with van der Waals surface area (Å²) in [7, 11) is 0. The van der Waals surface area contributed by atoms with Crippen molar-refractivity contribution in [2.45, 2.75) is 38.5 Å². The highest BCUT2D eigenvalue weighted by molar-refractivity contribution is 7.22. The number of benzene rings is 2. The van der Waals surface area contributed by atoms with Crippen molar-refractivity contribution in [3.63, 3.8) is 0 Å². The second kappa shape index (κ2) is 8.88. The van der Waals surface area contributed by atoms with Gasteiger partial charge in [0.15, 0.2) is 10.9 Å². The Morgan fingerprint density at radius 3 is 2.79 bits per heavy atom. The van der Waals surface area contributed by atoms with Crippen molar-refractivity contribution in [3.8, 4) is 22.8 Å². The maximum atomic E-state index is 13.5. The van der Waals surface area contributed by atoms with Gasteiger partial charge < -0.3 is 10.5 Å². The number of halogens is 3. The van der Waals surface area contributed by atoms with Crippen molar-refractivity contribution in [3.05, 3.63) is 65.9 Å². The van der Waals surface area contributed by atoms with Crippen molar-refractivity contribution in [2.75, 3.05) is 12.3 Å². The Hall–Kier alpha value is -3.17. The predicted octanol–water partition coefficient (Wildman–Crippen LogP) is 6.74. The molecule has 0 aliphatic carbocycles. The van der Waals surface area contributed by atoms with Gasteiger partial charge in [0.05, 0.1) is 10.3 Å². The number of pyridine rings is 1. The number of likely N-dealkylation sites (tertiary alicyclic amines) is 1. The van der Waals surface area contributed by atoms with Crippen LogP contribution in [0.5, 0.6) is 11.6 Å². The van der Waals surface area contributed by atoms with Gasteiger partial charge in [-0.25, -0.2) is 9.97 Å². The van der Waals surface area contributed by atoms with Crippen LogP contribution in [0, 0.1) is 0 Å². The first kappa shape index (κ1) is 22.6. The molecule has 0 unspecified atom stereocenters. The molecule has 176 valence electrons. The molecule has 5 nitrogen and oxygen atoms in total. The number of ether oxygens (including phenoxy) is 1. The lowest BCUT2D eigenvalue weighted by Gasteiger charge is -2.23. The summed E-state index contributed by atoms with van der Waals surface area (Å²) in [4.78, 5) is 10.9. The number of anilines is 1. The maximum absolute atomic E-state index is 13.5. The molecule has 0 amide bonds. The number of hydrogen-bond donors (Lipinski definition) is 1. The van der Waals surface area contributed by atoms with Gasteiger partial charge in [-0.2, -0.15) is 13.2 Å². The number of hydrogen-bond acceptors (Lipinski definition) is 6. The summed E-state index contributed by atoms with van der Waals surface area (Å²) in [6.45, 7) is 3.45. The number of nitrogen functional groups attached to an aromatic ring is 1. The molecule has 1 saturated heterocycles. The van der Waals surface area contributed by atoms with Gasteiger partial charge in [0, 0.05) is 24.8 Å². The first-order chi connectivity index (χ1) is 16.3. The number of aromatic nitrogens is 2. The Labute approximate surface area is 199 Å². The summed E-state index contributed by atoms with van der Waals surface area (Å²) in [5.41, 5.74) is 7.96. The number of nitrogens with two attached hydrogens (primary N) is 1. The summed E-state index contributed by atoms with van der Waals surface area (Å²) in [6.07, 6.45) is -0.700. The largest absolute Gasteiger partial charge is 0.437 e. The maximum Gasteiger partial charge on any atom is 0.416 e. The summed E-state index contributed by atoms with van der Waals surface area (Å²) in [6, 6.07) is 13.4. The zero-order valence-electron chi connectivity index (χ0n) is 18.5. The molecule has 9 heteroatoms. The number of para-hydroxylation sites is 1. The average molecular weight is 485 g/mol. The van der Waals surface area contributed by atoms with Crippen molar-refractivity contribution in [1.82, 2.24) is 14.9 Å². The van der Waals surface area contributed by atoms with Crippen molar-refractivity contribution in [2.24, 2.45) is 0 Å². The highest BCUT2D eigenvalue weighted by atomic mass is 32.1. The number of thiazole rings is 1. The zero-order valence-corrected chi connectivity index (χ0v) is 19.3. The first-order valence-corrected chi connectivity index (χ1v) is 11.8. The van der Waals surface area contributed by atoms with Gasteiger partial charge in [0.1, 0.15) is 5.52 Å². The Kier molecular flexibility index (Phi) is 5.91. The number of rotatable bonds is 5. The van der Waals surface area contributed by atoms with Crippen LogP contribution in [0.3, 0.4) is 0 Å². The summed E-state index contributed by atoms with van der Waals surface area (Å²) in [5, 5.41) is 0.443. The third-order valence-corrected chi connectivity index (χ3v) is 7.01. The molecule has 1 fully saturated rings. The van der Waals surface area contributed by atoms with Crippen LogP contribution in [0.4, 0.5) is 18.3 Å². The Morgan fingerprint density at radius 2 is 2.03 bits per heavy atom. The molecule has 1 aliphatic rings. The van der Waals surface area contributed by atoms with Gasteiger partial charge >= 0.3 is 6.18 Å². The van der Waals surface area contributed by atoms with Gasteiger partial charge in [-0.05, 0) is 73.3 Å². The molecule has 4 aromatic rings. The molecule has 2 N–H and O–H groups in total. The number of nitrogens with zero attached hydrogens (tertiary/aromatic N) is 3. The number of alkyl halides is 3. The SMILES string of the molecule is C[C@@H]1CCCN1Cc1cc(C(F)(F)F)ccc1-c1ccnc(Oc2cccc3sc(N)nc23)c1. The van der Waals surface area contributed by atoms with Crippen LogP contribution in [0.2, 0.25) is 0 Å². The smallest absolute Gasteiger partial charge is 0.416 e. The average Bonchev–Trinajstić information content (AvgIpc) is 3.38. The van der Waals surface area contributed by atoms with Crippen LogP contribution in [-0.4, -0.2) is 27.5 Å². The van der Waals surface area contributed by atoms with E-state index in [9.17, 15) is 13.2 Å². The minimum absolute atomic E-state index is 0.331. The van der Waals surface area contributed by atoms with E-state index in [2.05, 4.69) is 21.8 Å². The summed E-state index contributed by atoms with van der Waals surface area (Å²) >= 11 is 1.37. The normalized spacial score (nSPS) is 16.9. The Bertz CT molecular complexity index is 1340. The predicted molar refractivity (Wildman–Crippen MR) is 128 cm³/mol. The monoisotopic (exact) mass is 484 g/mol. The molecule has 34 heavy (non-hydrogen) atoms. The molecule has 1 atom stereocenters. The molecular formula is C25H23F3N4OS. The lowest BCUT2D eigenvalue weighted by atomic mass is 9.97. The quantitative estimate of drug-likeness (QED) is 0.340. The second-order valence-corrected chi connectivity index (χ2v) is 9.53. The summed E-state index contributed by atoms with van der Waals surface area (Å²) in [5.74, 6) is 0.852. The van der Waals surface area contributed by atoms with Crippen molar-refractivity contribution >= 4 is 26.7 Å².